The van der Waals surface area contributed by atoms with Crippen molar-refractivity contribution in [3.05, 3.63) is 60.7 Å². The second-order valence-electron chi connectivity index (χ2n) is 5.90. The molecule has 0 fully saturated rings. The van der Waals surface area contributed by atoms with E-state index >= 15 is 0 Å². The summed E-state index contributed by atoms with van der Waals surface area (Å²) in [5, 5.41) is 1.75. The van der Waals surface area contributed by atoms with Crippen LogP contribution in [0.4, 0.5) is 11.4 Å². The van der Waals surface area contributed by atoms with Crippen LogP contribution in [0.5, 0.6) is 5.75 Å². The van der Waals surface area contributed by atoms with Crippen molar-refractivity contribution in [3.8, 4) is 5.75 Å². The number of methoxy groups -OCH3 is 1. The van der Waals surface area contributed by atoms with Gasteiger partial charge in [0.25, 0.3) is 10.0 Å². The lowest BCUT2D eigenvalue weighted by Gasteiger charge is -2.13. The fourth-order valence-corrected chi connectivity index (χ4v) is 4.24. The van der Waals surface area contributed by atoms with Crippen LogP contribution in [-0.2, 0) is 20.0 Å². The van der Waals surface area contributed by atoms with Gasteiger partial charge in [-0.05, 0) is 35.0 Å². The molecule has 2 N–H and O–H groups in total. The minimum absolute atomic E-state index is 0.124. The zero-order valence-electron chi connectivity index (χ0n) is 14.6. The van der Waals surface area contributed by atoms with Gasteiger partial charge in [-0.3, -0.25) is 9.44 Å². The average molecular weight is 406 g/mol. The highest BCUT2D eigenvalue weighted by Crippen LogP contribution is 2.30. The smallest absolute Gasteiger partial charge is 0.261 e. The lowest BCUT2D eigenvalue weighted by atomic mass is 10.1. The van der Waals surface area contributed by atoms with Crippen molar-refractivity contribution < 1.29 is 21.6 Å². The van der Waals surface area contributed by atoms with Gasteiger partial charge >= 0.3 is 0 Å². The van der Waals surface area contributed by atoms with Crippen LogP contribution in [0.15, 0.2) is 65.6 Å². The minimum atomic E-state index is -3.82. The third-order valence-electron chi connectivity index (χ3n) is 3.78. The molecule has 3 rings (SSSR count). The van der Waals surface area contributed by atoms with Gasteiger partial charge in [0, 0.05) is 6.07 Å². The monoisotopic (exact) mass is 406 g/mol. The molecule has 9 heteroatoms. The number of ether oxygens (including phenoxy) is 1. The van der Waals surface area contributed by atoms with Crippen molar-refractivity contribution in [1.82, 2.24) is 0 Å². The topological polar surface area (TPSA) is 102 Å². The quantitative estimate of drug-likeness (QED) is 0.655. The van der Waals surface area contributed by atoms with Gasteiger partial charge in [0.15, 0.2) is 0 Å². The van der Waals surface area contributed by atoms with Gasteiger partial charge in [0.1, 0.15) is 5.75 Å². The van der Waals surface area contributed by atoms with E-state index in [0.29, 0.717) is 0 Å². The van der Waals surface area contributed by atoms with E-state index in [9.17, 15) is 16.8 Å². The molecule has 3 aromatic rings. The van der Waals surface area contributed by atoms with E-state index in [1.54, 1.807) is 12.1 Å². The van der Waals surface area contributed by atoms with E-state index in [2.05, 4.69) is 9.44 Å². The molecule has 0 radical (unpaired) electrons. The molecule has 142 valence electrons. The SMILES string of the molecule is COc1cc(NS(=O)(=O)c2ccc3ccccc3c2)ccc1NS(C)(=O)=O. The number of fused-ring (bicyclic) bond motifs is 1. The summed E-state index contributed by atoms with van der Waals surface area (Å²) in [6.07, 6.45) is 1.02. The summed E-state index contributed by atoms with van der Waals surface area (Å²) in [6, 6.07) is 16.6. The molecule has 0 saturated carbocycles. The number of benzene rings is 3. The fourth-order valence-electron chi connectivity index (χ4n) is 2.59. The van der Waals surface area contributed by atoms with Crippen molar-refractivity contribution in [1.29, 1.82) is 0 Å². The summed E-state index contributed by atoms with van der Waals surface area (Å²) in [6.45, 7) is 0. The molecule has 0 atom stereocenters. The molecular formula is C18H18N2O5S2. The Bertz CT molecular complexity index is 1210. The summed E-state index contributed by atoms with van der Waals surface area (Å²) in [4.78, 5) is 0.124. The van der Waals surface area contributed by atoms with Crippen molar-refractivity contribution in [2.45, 2.75) is 4.90 Å². The minimum Gasteiger partial charge on any atom is -0.494 e. The highest BCUT2D eigenvalue weighted by Gasteiger charge is 2.16. The first-order valence-electron chi connectivity index (χ1n) is 7.85. The largest absolute Gasteiger partial charge is 0.494 e. The molecular weight excluding hydrogens is 388 g/mol. The molecule has 0 aliphatic carbocycles. The Morgan fingerprint density at radius 3 is 2.19 bits per heavy atom. The molecule has 0 heterocycles. The van der Waals surface area contributed by atoms with E-state index in [1.807, 2.05) is 24.3 Å². The molecule has 0 bridgehead atoms. The van der Waals surface area contributed by atoms with Crippen molar-refractivity contribution in [2.75, 3.05) is 22.8 Å². The summed E-state index contributed by atoms with van der Waals surface area (Å²) in [5.41, 5.74) is 0.465. The molecule has 0 spiro atoms. The third kappa shape index (κ3) is 4.50. The van der Waals surface area contributed by atoms with Gasteiger partial charge in [-0.1, -0.05) is 30.3 Å². The molecule has 27 heavy (non-hydrogen) atoms. The maximum absolute atomic E-state index is 12.7. The van der Waals surface area contributed by atoms with E-state index in [-0.39, 0.29) is 22.0 Å². The third-order valence-corrected chi connectivity index (χ3v) is 5.75. The van der Waals surface area contributed by atoms with E-state index in [1.165, 1.54) is 31.4 Å². The fraction of sp³-hybridized carbons (Fsp3) is 0.111. The number of hydrogen-bond donors (Lipinski definition) is 2. The van der Waals surface area contributed by atoms with Crippen LogP contribution in [0, 0.1) is 0 Å². The van der Waals surface area contributed by atoms with Gasteiger partial charge in [0.05, 0.1) is 29.6 Å². The van der Waals surface area contributed by atoms with Crippen molar-refractivity contribution in [2.24, 2.45) is 0 Å². The Morgan fingerprint density at radius 1 is 0.815 bits per heavy atom. The maximum Gasteiger partial charge on any atom is 0.261 e. The van der Waals surface area contributed by atoms with E-state index < -0.39 is 20.0 Å². The molecule has 0 amide bonds. The van der Waals surface area contributed by atoms with Gasteiger partial charge in [-0.2, -0.15) is 0 Å². The first-order valence-corrected chi connectivity index (χ1v) is 11.2. The Kier molecular flexibility index (Phi) is 4.99. The first kappa shape index (κ1) is 19.0. The van der Waals surface area contributed by atoms with Gasteiger partial charge in [0.2, 0.25) is 10.0 Å². The zero-order valence-corrected chi connectivity index (χ0v) is 16.3. The molecule has 0 saturated heterocycles. The van der Waals surface area contributed by atoms with E-state index in [0.717, 1.165) is 17.0 Å². The van der Waals surface area contributed by atoms with Crippen molar-refractivity contribution >= 4 is 42.2 Å². The van der Waals surface area contributed by atoms with Gasteiger partial charge in [-0.15, -0.1) is 0 Å². The number of rotatable bonds is 6. The van der Waals surface area contributed by atoms with Crippen LogP contribution < -0.4 is 14.2 Å². The molecule has 0 aliphatic heterocycles. The molecule has 3 aromatic carbocycles. The molecule has 0 aliphatic rings. The lowest BCUT2D eigenvalue weighted by Crippen LogP contribution is -2.14. The predicted octanol–water partition coefficient (Wildman–Crippen LogP) is 3.02. The highest BCUT2D eigenvalue weighted by atomic mass is 32.2. The molecule has 7 nitrogen and oxygen atoms in total. The summed E-state index contributed by atoms with van der Waals surface area (Å²) in [7, 11) is -5.95. The van der Waals surface area contributed by atoms with E-state index in [4.69, 9.17) is 4.74 Å². The first-order chi connectivity index (χ1) is 12.7. The van der Waals surface area contributed by atoms with Crippen LogP contribution in [0.2, 0.25) is 0 Å². The lowest BCUT2D eigenvalue weighted by molar-refractivity contribution is 0.417. The molecule has 0 aromatic heterocycles. The number of sulfonamides is 2. The Labute approximate surface area is 158 Å². The van der Waals surface area contributed by atoms with Crippen LogP contribution in [0.3, 0.4) is 0 Å². The maximum atomic E-state index is 12.7. The number of nitrogens with one attached hydrogen (secondary N) is 2. The second kappa shape index (κ2) is 7.09. The summed E-state index contributed by atoms with van der Waals surface area (Å²) >= 11 is 0. The Balaban J connectivity index is 1.92. The van der Waals surface area contributed by atoms with Crippen LogP contribution in [0.25, 0.3) is 10.8 Å². The highest BCUT2D eigenvalue weighted by molar-refractivity contribution is 7.92. The predicted molar refractivity (Wildman–Crippen MR) is 106 cm³/mol. The van der Waals surface area contributed by atoms with Crippen LogP contribution in [0.1, 0.15) is 0 Å². The van der Waals surface area contributed by atoms with Gasteiger partial charge in [-0.25, -0.2) is 16.8 Å². The number of hydrogen-bond acceptors (Lipinski definition) is 5. The Morgan fingerprint density at radius 2 is 1.52 bits per heavy atom. The average Bonchev–Trinajstić information content (AvgIpc) is 2.61. The van der Waals surface area contributed by atoms with Gasteiger partial charge < -0.3 is 4.74 Å². The Hall–Kier alpha value is -2.78. The zero-order chi connectivity index (χ0) is 19.7. The summed E-state index contributed by atoms with van der Waals surface area (Å²) in [5.74, 6) is 0.194. The standard InChI is InChI=1S/C18H18N2O5S2/c1-25-18-12-15(8-10-17(18)20-26(2,21)22)19-27(23,24)16-9-7-13-5-3-4-6-14(13)11-16/h3-12,19-20H,1-2H3. The normalized spacial score (nSPS) is 11.9. The molecule has 0 unspecified atom stereocenters. The summed E-state index contributed by atoms with van der Waals surface area (Å²) < 4.78 is 58.1. The second-order valence-corrected chi connectivity index (χ2v) is 9.33. The van der Waals surface area contributed by atoms with Crippen LogP contribution in [-0.4, -0.2) is 30.2 Å². The van der Waals surface area contributed by atoms with Crippen LogP contribution >= 0.6 is 0 Å². The van der Waals surface area contributed by atoms with Crippen molar-refractivity contribution in [3.63, 3.8) is 0 Å². The number of anilines is 2.